The zero-order valence-electron chi connectivity index (χ0n) is 14.3. The molecule has 9 nitrogen and oxygen atoms in total. The Morgan fingerprint density at radius 1 is 1.32 bits per heavy atom. The number of aromatic carboxylic acids is 1. The standard InChI is InChI=1S/C16H23N3O6/c1-24-8-5-17-14(20)13-12(9-11(18-13)15(21)22)19-6-3-10(4-7-19)16(23)25-2/h9-10,18H,3-8H2,1-2H3,(H,17,20)(H,21,22). The normalized spacial score (nSPS) is 15.0. The van der Waals surface area contributed by atoms with E-state index in [0.29, 0.717) is 44.8 Å². The highest BCUT2D eigenvalue weighted by Crippen LogP contribution is 2.28. The predicted octanol–water partition coefficient (Wildman–Crippen LogP) is 0.479. The summed E-state index contributed by atoms with van der Waals surface area (Å²) >= 11 is 0. The van der Waals surface area contributed by atoms with E-state index >= 15 is 0 Å². The van der Waals surface area contributed by atoms with Gasteiger partial charge in [-0.2, -0.15) is 0 Å². The van der Waals surface area contributed by atoms with E-state index in [4.69, 9.17) is 9.47 Å². The van der Waals surface area contributed by atoms with Gasteiger partial charge in [0, 0.05) is 26.7 Å². The number of carboxylic acid groups (broad SMARTS) is 1. The van der Waals surface area contributed by atoms with Gasteiger partial charge >= 0.3 is 11.9 Å². The van der Waals surface area contributed by atoms with Gasteiger partial charge in [-0.1, -0.05) is 0 Å². The second kappa shape index (κ2) is 8.52. The van der Waals surface area contributed by atoms with E-state index in [-0.39, 0.29) is 23.3 Å². The summed E-state index contributed by atoms with van der Waals surface area (Å²) in [6, 6.07) is 1.45. The lowest BCUT2D eigenvalue weighted by atomic mass is 9.96. The maximum absolute atomic E-state index is 12.3. The number of H-pyrrole nitrogens is 1. The molecule has 1 saturated heterocycles. The Labute approximate surface area is 145 Å². The molecule has 9 heteroatoms. The van der Waals surface area contributed by atoms with Gasteiger partial charge in [0.05, 0.1) is 25.3 Å². The Kier molecular flexibility index (Phi) is 6.40. The lowest BCUT2D eigenvalue weighted by Gasteiger charge is -2.32. The molecule has 0 aromatic carbocycles. The molecule has 0 saturated carbocycles. The monoisotopic (exact) mass is 353 g/mol. The van der Waals surface area contributed by atoms with Gasteiger partial charge in [0.2, 0.25) is 0 Å². The van der Waals surface area contributed by atoms with E-state index in [2.05, 4.69) is 10.3 Å². The third-order valence-corrected chi connectivity index (χ3v) is 4.22. The minimum atomic E-state index is -1.14. The van der Waals surface area contributed by atoms with Crippen LogP contribution in [0.4, 0.5) is 5.69 Å². The summed E-state index contributed by atoms with van der Waals surface area (Å²) < 4.78 is 9.66. The van der Waals surface area contributed by atoms with E-state index in [1.54, 1.807) is 0 Å². The zero-order chi connectivity index (χ0) is 18.4. The lowest BCUT2D eigenvalue weighted by molar-refractivity contribution is -0.146. The van der Waals surface area contributed by atoms with Crippen LogP contribution in [0.15, 0.2) is 6.07 Å². The van der Waals surface area contributed by atoms with Gasteiger partial charge in [0.25, 0.3) is 5.91 Å². The van der Waals surface area contributed by atoms with Crippen LogP contribution >= 0.6 is 0 Å². The van der Waals surface area contributed by atoms with Crippen molar-refractivity contribution in [3.8, 4) is 0 Å². The number of ether oxygens (including phenoxy) is 2. The zero-order valence-corrected chi connectivity index (χ0v) is 14.3. The Hall–Kier alpha value is -2.55. The van der Waals surface area contributed by atoms with Crippen LogP contribution in [0.1, 0.15) is 33.8 Å². The molecule has 0 spiro atoms. The van der Waals surface area contributed by atoms with Gasteiger partial charge in [0.1, 0.15) is 11.4 Å². The molecule has 2 rings (SSSR count). The van der Waals surface area contributed by atoms with Crippen molar-refractivity contribution in [1.29, 1.82) is 0 Å². The molecule has 0 radical (unpaired) electrons. The fraction of sp³-hybridized carbons (Fsp3) is 0.562. The number of rotatable bonds is 7. The van der Waals surface area contributed by atoms with Crippen molar-refractivity contribution in [2.75, 3.05) is 45.4 Å². The quantitative estimate of drug-likeness (QED) is 0.481. The minimum absolute atomic E-state index is 0.0537. The number of nitrogens with zero attached hydrogens (tertiary/aromatic N) is 1. The van der Waals surface area contributed by atoms with E-state index < -0.39 is 11.9 Å². The minimum Gasteiger partial charge on any atom is -0.477 e. The largest absolute Gasteiger partial charge is 0.477 e. The summed E-state index contributed by atoms with van der Waals surface area (Å²) in [5, 5.41) is 11.9. The molecular weight excluding hydrogens is 330 g/mol. The topological polar surface area (TPSA) is 121 Å². The average molecular weight is 353 g/mol. The smallest absolute Gasteiger partial charge is 0.352 e. The number of hydrogen-bond donors (Lipinski definition) is 3. The van der Waals surface area contributed by atoms with Gasteiger partial charge < -0.3 is 29.8 Å². The van der Waals surface area contributed by atoms with Crippen LogP contribution in [0.3, 0.4) is 0 Å². The lowest BCUT2D eigenvalue weighted by Crippen LogP contribution is -2.38. The van der Waals surface area contributed by atoms with Crippen LogP contribution in [0.5, 0.6) is 0 Å². The molecule has 0 bridgehead atoms. The van der Waals surface area contributed by atoms with Crippen LogP contribution in [0.2, 0.25) is 0 Å². The number of carbonyl (C=O) groups is 3. The molecule has 1 aromatic heterocycles. The molecule has 3 N–H and O–H groups in total. The summed E-state index contributed by atoms with van der Waals surface area (Å²) in [6.07, 6.45) is 1.18. The first-order valence-corrected chi connectivity index (χ1v) is 8.04. The first kappa shape index (κ1) is 18.8. The number of carboxylic acids is 1. The molecule has 1 fully saturated rings. The Morgan fingerprint density at radius 2 is 2.00 bits per heavy atom. The van der Waals surface area contributed by atoms with Crippen LogP contribution in [0, 0.1) is 5.92 Å². The molecule has 0 atom stereocenters. The Morgan fingerprint density at radius 3 is 2.56 bits per heavy atom. The molecule has 2 heterocycles. The van der Waals surface area contributed by atoms with Crippen LogP contribution in [-0.4, -0.2) is 68.4 Å². The maximum atomic E-state index is 12.3. The van der Waals surface area contributed by atoms with Crippen molar-refractivity contribution < 1.29 is 29.0 Å². The number of nitrogens with one attached hydrogen (secondary N) is 2. The number of piperidine rings is 1. The van der Waals surface area contributed by atoms with Gasteiger partial charge in [0.15, 0.2) is 0 Å². The molecule has 1 aliphatic rings. The number of anilines is 1. The number of esters is 1. The molecule has 1 aromatic rings. The molecule has 138 valence electrons. The molecule has 0 unspecified atom stereocenters. The molecule has 0 aliphatic carbocycles. The number of aromatic nitrogens is 1. The number of amides is 1. The van der Waals surface area contributed by atoms with Crippen molar-refractivity contribution >= 4 is 23.5 Å². The Balaban J connectivity index is 2.15. The summed E-state index contributed by atoms with van der Waals surface area (Å²) in [5.74, 6) is -1.94. The fourth-order valence-corrected chi connectivity index (χ4v) is 2.86. The second-order valence-corrected chi connectivity index (χ2v) is 5.78. The fourth-order valence-electron chi connectivity index (χ4n) is 2.86. The summed E-state index contributed by atoms with van der Waals surface area (Å²) in [4.78, 5) is 39.8. The molecule has 1 aliphatic heterocycles. The van der Waals surface area contributed by atoms with E-state index in [1.807, 2.05) is 4.90 Å². The van der Waals surface area contributed by atoms with Gasteiger partial charge in [-0.05, 0) is 18.9 Å². The number of methoxy groups -OCH3 is 2. The van der Waals surface area contributed by atoms with Crippen molar-refractivity contribution in [2.24, 2.45) is 5.92 Å². The second-order valence-electron chi connectivity index (χ2n) is 5.78. The SMILES string of the molecule is COCCNC(=O)c1[nH]c(C(=O)O)cc1N1CCC(C(=O)OC)CC1. The highest BCUT2D eigenvalue weighted by molar-refractivity contribution is 6.01. The summed E-state index contributed by atoms with van der Waals surface area (Å²) in [6.45, 7) is 1.75. The van der Waals surface area contributed by atoms with Gasteiger partial charge in [-0.25, -0.2) is 4.79 Å². The van der Waals surface area contributed by atoms with E-state index in [9.17, 15) is 19.5 Å². The molecular formula is C16H23N3O6. The summed E-state index contributed by atoms with van der Waals surface area (Å²) in [5.41, 5.74) is 0.669. The third kappa shape index (κ3) is 4.50. The van der Waals surface area contributed by atoms with Crippen LogP contribution in [-0.2, 0) is 14.3 Å². The van der Waals surface area contributed by atoms with Crippen molar-refractivity contribution in [2.45, 2.75) is 12.8 Å². The average Bonchev–Trinajstić information content (AvgIpc) is 3.07. The van der Waals surface area contributed by atoms with Gasteiger partial charge in [-0.3, -0.25) is 9.59 Å². The first-order valence-electron chi connectivity index (χ1n) is 8.04. The number of aromatic amines is 1. The predicted molar refractivity (Wildman–Crippen MR) is 88.9 cm³/mol. The summed E-state index contributed by atoms with van der Waals surface area (Å²) in [7, 11) is 2.89. The first-order chi connectivity index (χ1) is 12.0. The number of hydrogen-bond acceptors (Lipinski definition) is 6. The third-order valence-electron chi connectivity index (χ3n) is 4.22. The van der Waals surface area contributed by atoms with Gasteiger partial charge in [-0.15, -0.1) is 0 Å². The Bertz CT molecular complexity index is 634. The number of carbonyl (C=O) groups excluding carboxylic acids is 2. The molecule has 25 heavy (non-hydrogen) atoms. The van der Waals surface area contributed by atoms with E-state index in [1.165, 1.54) is 20.3 Å². The van der Waals surface area contributed by atoms with Crippen molar-refractivity contribution in [3.63, 3.8) is 0 Å². The van der Waals surface area contributed by atoms with Crippen molar-refractivity contribution in [3.05, 3.63) is 17.5 Å². The molecule has 1 amide bonds. The van der Waals surface area contributed by atoms with Crippen LogP contribution in [0.25, 0.3) is 0 Å². The maximum Gasteiger partial charge on any atom is 0.352 e. The highest BCUT2D eigenvalue weighted by Gasteiger charge is 2.29. The van der Waals surface area contributed by atoms with Crippen LogP contribution < -0.4 is 10.2 Å². The highest BCUT2D eigenvalue weighted by atomic mass is 16.5. The van der Waals surface area contributed by atoms with Crippen molar-refractivity contribution in [1.82, 2.24) is 10.3 Å². The van der Waals surface area contributed by atoms with E-state index in [0.717, 1.165) is 0 Å².